The van der Waals surface area contributed by atoms with Gasteiger partial charge < -0.3 is 15.4 Å². The van der Waals surface area contributed by atoms with Gasteiger partial charge in [-0.2, -0.15) is 5.10 Å². The minimum absolute atomic E-state index is 0.00167. The monoisotopic (exact) mass is 278 g/mol. The summed E-state index contributed by atoms with van der Waals surface area (Å²) < 4.78 is 7.47. The summed E-state index contributed by atoms with van der Waals surface area (Å²) in [7, 11) is 1.83. The van der Waals surface area contributed by atoms with E-state index < -0.39 is 6.04 Å². The molecule has 1 aliphatic carbocycles. The van der Waals surface area contributed by atoms with Gasteiger partial charge in [-0.3, -0.25) is 9.48 Å². The Hall–Kier alpha value is -1.40. The lowest BCUT2D eigenvalue weighted by atomic mass is 9.89. The van der Waals surface area contributed by atoms with Crippen molar-refractivity contribution in [1.82, 2.24) is 14.7 Å². The van der Waals surface area contributed by atoms with Gasteiger partial charge in [0.25, 0.3) is 0 Å². The maximum Gasteiger partial charge on any atom is 0.244 e. The molecule has 1 aliphatic heterocycles. The fourth-order valence-electron chi connectivity index (χ4n) is 3.29. The van der Waals surface area contributed by atoms with Crippen LogP contribution in [0, 0.1) is 0 Å². The van der Waals surface area contributed by atoms with Crippen LogP contribution >= 0.6 is 0 Å². The highest BCUT2D eigenvalue weighted by Crippen LogP contribution is 2.29. The van der Waals surface area contributed by atoms with Crippen molar-refractivity contribution < 1.29 is 9.53 Å². The number of amides is 1. The predicted octanol–water partition coefficient (Wildman–Crippen LogP) is 0.590. The summed E-state index contributed by atoms with van der Waals surface area (Å²) in [5.74, 6) is -0.00167. The van der Waals surface area contributed by atoms with E-state index in [1.807, 2.05) is 11.9 Å². The Bertz CT molecular complexity index is 485. The molecule has 3 unspecified atom stereocenters. The first-order valence-corrected chi connectivity index (χ1v) is 7.33. The first-order chi connectivity index (χ1) is 9.66. The van der Waals surface area contributed by atoms with Crippen molar-refractivity contribution in [2.24, 2.45) is 12.8 Å². The molecule has 110 valence electrons. The molecule has 2 aliphatic rings. The molecule has 0 spiro atoms. The minimum atomic E-state index is -0.621. The van der Waals surface area contributed by atoms with Crippen LogP contribution in [0.25, 0.3) is 0 Å². The van der Waals surface area contributed by atoms with Gasteiger partial charge in [0.05, 0.1) is 24.9 Å². The average molecular weight is 278 g/mol. The molecule has 1 amide bonds. The Morgan fingerprint density at radius 1 is 1.50 bits per heavy atom. The lowest BCUT2D eigenvalue weighted by molar-refractivity contribution is -0.151. The highest BCUT2D eigenvalue weighted by atomic mass is 16.5. The fourth-order valence-corrected chi connectivity index (χ4v) is 3.29. The van der Waals surface area contributed by atoms with E-state index in [1.165, 1.54) is 6.42 Å². The van der Waals surface area contributed by atoms with Crippen molar-refractivity contribution >= 4 is 5.91 Å². The first kappa shape index (κ1) is 13.6. The maximum absolute atomic E-state index is 12.7. The molecule has 20 heavy (non-hydrogen) atoms. The van der Waals surface area contributed by atoms with Gasteiger partial charge in [-0.1, -0.05) is 12.8 Å². The van der Waals surface area contributed by atoms with E-state index >= 15 is 0 Å². The number of nitrogens with two attached hydrogens (primary N) is 1. The molecule has 1 saturated carbocycles. The van der Waals surface area contributed by atoms with Crippen molar-refractivity contribution in [3.63, 3.8) is 0 Å². The smallest absolute Gasteiger partial charge is 0.244 e. The molecule has 1 aromatic rings. The predicted molar refractivity (Wildman–Crippen MR) is 73.8 cm³/mol. The second kappa shape index (κ2) is 5.54. The molecule has 0 aromatic carbocycles. The Kier molecular flexibility index (Phi) is 3.76. The Morgan fingerprint density at radius 3 is 3.05 bits per heavy atom. The van der Waals surface area contributed by atoms with E-state index in [4.69, 9.17) is 10.5 Å². The zero-order valence-corrected chi connectivity index (χ0v) is 11.9. The van der Waals surface area contributed by atoms with E-state index in [9.17, 15) is 4.79 Å². The molecule has 2 heterocycles. The summed E-state index contributed by atoms with van der Waals surface area (Å²) in [6.45, 7) is 1.26. The first-order valence-electron chi connectivity index (χ1n) is 7.33. The third kappa shape index (κ3) is 2.45. The molecular weight excluding hydrogens is 256 g/mol. The number of carbonyl (C=O) groups excluding carboxylic acids is 1. The van der Waals surface area contributed by atoms with Gasteiger partial charge in [-0.15, -0.1) is 0 Å². The summed E-state index contributed by atoms with van der Waals surface area (Å²) in [5, 5.41) is 4.09. The SMILES string of the molecule is Cn1cc(C(N)C(=O)N2CCOC3CCCCC32)cn1. The van der Waals surface area contributed by atoms with Crippen molar-refractivity contribution in [2.75, 3.05) is 13.2 Å². The molecule has 0 bridgehead atoms. The molecule has 1 aromatic heterocycles. The summed E-state index contributed by atoms with van der Waals surface area (Å²) in [4.78, 5) is 14.6. The second-order valence-electron chi connectivity index (χ2n) is 5.72. The zero-order valence-electron chi connectivity index (χ0n) is 11.9. The average Bonchev–Trinajstić information content (AvgIpc) is 2.91. The highest BCUT2D eigenvalue weighted by molar-refractivity contribution is 5.83. The molecule has 2 N–H and O–H groups in total. The molecule has 6 nitrogen and oxygen atoms in total. The van der Waals surface area contributed by atoms with Crippen LogP contribution in [0.3, 0.4) is 0 Å². The van der Waals surface area contributed by atoms with Gasteiger partial charge >= 0.3 is 0 Å². The van der Waals surface area contributed by atoms with Gasteiger partial charge in [0, 0.05) is 25.4 Å². The van der Waals surface area contributed by atoms with E-state index in [1.54, 1.807) is 17.1 Å². The van der Waals surface area contributed by atoms with Gasteiger partial charge in [0.2, 0.25) is 5.91 Å². The van der Waals surface area contributed by atoms with Crippen LogP contribution in [0.4, 0.5) is 0 Å². The Balaban J connectivity index is 1.75. The maximum atomic E-state index is 12.7. The van der Waals surface area contributed by atoms with Crippen LogP contribution in [0.1, 0.15) is 37.3 Å². The molecule has 3 rings (SSSR count). The number of hydrogen-bond acceptors (Lipinski definition) is 4. The third-order valence-corrected chi connectivity index (χ3v) is 4.37. The zero-order chi connectivity index (χ0) is 14.1. The molecule has 3 atom stereocenters. The van der Waals surface area contributed by atoms with Crippen LogP contribution in [0.2, 0.25) is 0 Å². The third-order valence-electron chi connectivity index (χ3n) is 4.37. The quantitative estimate of drug-likeness (QED) is 0.859. The number of rotatable bonds is 2. The fraction of sp³-hybridized carbons (Fsp3) is 0.714. The van der Waals surface area contributed by atoms with Gasteiger partial charge in [-0.25, -0.2) is 0 Å². The lowest BCUT2D eigenvalue weighted by Gasteiger charge is -2.44. The van der Waals surface area contributed by atoms with Crippen LogP contribution < -0.4 is 5.73 Å². The van der Waals surface area contributed by atoms with Crippen molar-refractivity contribution in [3.8, 4) is 0 Å². The number of hydrogen-bond donors (Lipinski definition) is 1. The highest BCUT2D eigenvalue weighted by Gasteiger charge is 2.38. The van der Waals surface area contributed by atoms with E-state index in [0.717, 1.165) is 24.8 Å². The standard InChI is InChI=1S/C14H22N4O2/c1-17-9-10(8-16-17)13(15)14(19)18-6-7-20-12-5-3-2-4-11(12)18/h8-9,11-13H,2-7,15H2,1H3. The van der Waals surface area contributed by atoms with E-state index in [-0.39, 0.29) is 18.1 Å². The molecule has 6 heteroatoms. The molecule has 1 saturated heterocycles. The van der Waals surface area contributed by atoms with Crippen LogP contribution in [-0.4, -0.2) is 45.9 Å². The molecule has 2 fully saturated rings. The topological polar surface area (TPSA) is 73.4 Å². The van der Waals surface area contributed by atoms with Crippen molar-refractivity contribution in [1.29, 1.82) is 0 Å². The summed E-state index contributed by atoms with van der Waals surface area (Å²) in [6.07, 6.45) is 8.10. The normalized spacial score (nSPS) is 28.0. The van der Waals surface area contributed by atoms with E-state index in [2.05, 4.69) is 5.10 Å². The number of ether oxygens (including phenoxy) is 1. The Morgan fingerprint density at radius 2 is 2.30 bits per heavy atom. The van der Waals surface area contributed by atoms with Crippen LogP contribution in [0.5, 0.6) is 0 Å². The number of nitrogens with zero attached hydrogens (tertiary/aromatic N) is 3. The van der Waals surface area contributed by atoms with Gasteiger partial charge in [0.1, 0.15) is 6.04 Å². The molecular formula is C14H22N4O2. The number of aryl methyl sites for hydroxylation is 1. The number of carbonyl (C=O) groups is 1. The summed E-state index contributed by atoms with van der Waals surface area (Å²) in [6, 6.07) is -0.419. The minimum Gasteiger partial charge on any atom is -0.374 e. The molecule has 0 radical (unpaired) electrons. The largest absolute Gasteiger partial charge is 0.374 e. The van der Waals surface area contributed by atoms with Crippen molar-refractivity contribution in [3.05, 3.63) is 18.0 Å². The van der Waals surface area contributed by atoms with Gasteiger partial charge in [0.15, 0.2) is 0 Å². The second-order valence-corrected chi connectivity index (χ2v) is 5.72. The number of fused-ring (bicyclic) bond motifs is 1. The van der Waals surface area contributed by atoms with Crippen LogP contribution in [0.15, 0.2) is 12.4 Å². The van der Waals surface area contributed by atoms with E-state index in [0.29, 0.717) is 13.2 Å². The van der Waals surface area contributed by atoms with Gasteiger partial charge in [-0.05, 0) is 12.8 Å². The number of aromatic nitrogens is 2. The van der Waals surface area contributed by atoms with Crippen LogP contribution in [-0.2, 0) is 16.6 Å². The Labute approximate surface area is 118 Å². The van der Waals surface area contributed by atoms with Crippen molar-refractivity contribution in [2.45, 2.75) is 43.9 Å². The summed E-state index contributed by atoms with van der Waals surface area (Å²) in [5.41, 5.74) is 6.89. The summed E-state index contributed by atoms with van der Waals surface area (Å²) >= 11 is 0. The lowest BCUT2D eigenvalue weighted by Crippen LogP contribution is -2.56. The number of morpholine rings is 1.